The van der Waals surface area contributed by atoms with Gasteiger partial charge < -0.3 is 27.8 Å². The highest BCUT2D eigenvalue weighted by molar-refractivity contribution is 9.26. The lowest BCUT2D eigenvalue weighted by molar-refractivity contribution is -0.0777. The molecule has 12 heteroatoms. The maximum absolute atomic E-state index is 5.96. The highest BCUT2D eigenvalue weighted by Gasteiger charge is 2.37. The lowest BCUT2D eigenvalue weighted by atomic mass is 10.3. The van der Waals surface area contributed by atoms with Crippen molar-refractivity contribution in [3.63, 3.8) is 0 Å². The monoisotopic (exact) mass is 522 g/mol. The molecule has 0 radical (unpaired) electrons. The van der Waals surface area contributed by atoms with Crippen LogP contribution < -0.4 is 8.85 Å². The molecule has 6 nitrogen and oxygen atoms in total. The van der Waals surface area contributed by atoms with E-state index in [-0.39, 0.29) is 0 Å². The van der Waals surface area contributed by atoms with Crippen molar-refractivity contribution in [3.05, 3.63) is 60.7 Å². The number of benzene rings is 2. The van der Waals surface area contributed by atoms with Crippen LogP contribution in [0.25, 0.3) is 0 Å². The van der Waals surface area contributed by atoms with Gasteiger partial charge in [-0.15, -0.1) is 0 Å². The van der Waals surface area contributed by atoms with Gasteiger partial charge in [-0.2, -0.15) is 0 Å². The number of rotatable bonds is 15. The summed E-state index contributed by atoms with van der Waals surface area (Å²) in [4.78, 5) is 0. The molecule has 0 spiro atoms. The van der Waals surface area contributed by atoms with Gasteiger partial charge in [0.15, 0.2) is 0 Å². The summed E-state index contributed by atoms with van der Waals surface area (Å²) in [5, 5.41) is 0. The smallest absolute Gasteiger partial charge is 0.298 e. The van der Waals surface area contributed by atoms with E-state index < -0.39 is 29.0 Å². The van der Waals surface area contributed by atoms with Crippen LogP contribution in [0.2, 0.25) is 0 Å². The van der Waals surface area contributed by atoms with Crippen LogP contribution in [-0.4, -0.2) is 57.5 Å². The van der Waals surface area contributed by atoms with Gasteiger partial charge in [-0.3, -0.25) is 0 Å². The number of hydrogen-bond donors (Lipinski definition) is 0. The van der Waals surface area contributed by atoms with Gasteiger partial charge in [-0.05, 0) is 65.5 Å². The molecule has 0 bridgehead atoms. The van der Waals surface area contributed by atoms with Crippen molar-refractivity contribution >= 4 is 60.8 Å². The molecule has 0 heterocycles. The zero-order valence-electron chi connectivity index (χ0n) is 17.3. The molecule has 30 heavy (non-hydrogen) atoms. The summed E-state index contributed by atoms with van der Waals surface area (Å²) in [5.41, 5.74) is 0. The van der Waals surface area contributed by atoms with Gasteiger partial charge in [-0.25, -0.2) is 0 Å². The van der Waals surface area contributed by atoms with E-state index in [9.17, 15) is 0 Å². The first kappa shape index (κ1) is 26.0. The number of ether oxygens (including phenoxy) is 4. The third-order valence-electron chi connectivity index (χ3n) is 3.91. The molecule has 0 aliphatic rings. The molecule has 2 rings (SSSR count). The van der Waals surface area contributed by atoms with E-state index in [0.29, 0.717) is 0 Å². The minimum Gasteiger partial charge on any atom is -0.542 e. The lowest BCUT2D eigenvalue weighted by Gasteiger charge is -2.30. The van der Waals surface area contributed by atoms with Crippen LogP contribution in [0.4, 0.5) is 0 Å². The molecule has 0 atom stereocenters. The van der Waals surface area contributed by atoms with Crippen LogP contribution in [0.5, 0.6) is 11.5 Å². The molecule has 166 valence electrons. The van der Waals surface area contributed by atoms with Crippen molar-refractivity contribution < 1.29 is 27.8 Å². The Labute approximate surface area is 197 Å². The Kier molecular flexibility index (Phi) is 12.1. The van der Waals surface area contributed by atoms with E-state index in [1.807, 2.05) is 60.7 Å². The number of para-hydroxylation sites is 2. The Morgan fingerprint density at radius 2 is 0.900 bits per heavy atom. The van der Waals surface area contributed by atoms with Crippen LogP contribution in [-0.2, 0) is 18.9 Å². The maximum Gasteiger partial charge on any atom is 0.298 e. The van der Waals surface area contributed by atoms with Crippen LogP contribution >= 0.6 is 41.2 Å². The van der Waals surface area contributed by atoms with Gasteiger partial charge in [0.25, 0.3) is 19.5 Å². The van der Waals surface area contributed by atoms with Gasteiger partial charge in [-0.1, -0.05) is 36.4 Å². The second-order valence-electron chi connectivity index (χ2n) is 5.69. The molecule has 2 aromatic carbocycles. The minimum atomic E-state index is -1.20. The minimum absolute atomic E-state index is 0.811. The summed E-state index contributed by atoms with van der Waals surface area (Å²) >= 11 is 0. The Balaban J connectivity index is 1.84. The molecule has 0 aliphatic heterocycles. The molecule has 0 N–H and O–H groups in total. The quantitative estimate of drug-likeness (QED) is 0.149. The summed E-state index contributed by atoms with van der Waals surface area (Å²) < 4.78 is 32.9. The van der Waals surface area contributed by atoms with Crippen molar-refractivity contribution in [2.24, 2.45) is 0 Å². The predicted octanol–water partition coefficient (Wildman–Crippen LogP) is 3.80. The Bertz CT molecular complexity index is 647. The summed E-state index contributed by atoms with van der Waals surface area (Å²) in [5.74, 6) is 1.63. The predicted molar refractivity (Wildman–Crippen MR) is 135 cm³/mol. The van der Waals surface area contributed by atoms with Crippen LogP contribution in [0, 0.1) is 0 Å². The largest absolute Gasteiger partial charge is 0.542 e. The Morgan fingerprint density at radius 1 is 0.567 bits per heavy atom. The highest BCUT2D eigenvalue weighted by Crippen LogP contribution is 2.52. The fourth-order valence-corrected chi connectivity index (χ4v) is 13.8. The van der Waals surface area contributed by atoms with E-state index >= 15 is 0 Å². The topological polar surface area (TPSA) is 55.4 Å². The Hall–Kier alpha value is -0.286. The fourth-order valence-electron chi connectivity index (χ4n) is 2.09. The lowest BCUT2D eigenvalue weighted by Crippen LogP contribution is -2.39. The summed E-state index contributed by atoms with van der Waals surface area (Å²) in [6.45, 7) is 0. The first-order valence-corrected chi connectivity index (χ1v) is 16.3. The van der Waals surface area contributed by atoms with Crippen molar-refractivity contribution in [1.29, 1.82) is 0 Å². The highest BCUT2D eigenvalue weighted by atomic mass is 33.7. The summed E-state index contributed by atoms with van der Waals surface area (Å²) in [6, 6.07) is 19.4. The maximum atomic E-state index is 5.96. The molecule has 0 saturated carbocycles. The second kappa shape index (κ2) is 14.0. The zero-order valence-corrected chi connectivity index (χ0v) is 23.4. The SMILES string of the molecule is COC(OC)([SiH2]Oc1ccccc1)SSSSC(OC)(OC)[SiH2]Oc1ccccc1. The van der Waals surface area contributed by atoms with E-state index in [1.54, 1.807) is 28.4 Å². The summed E-state index contributed by atoms with van der Waals surface area (Å²) in [6.07, 6.45) is 0. The van der Waals surface area contributed by atoms with Gasteiger partial charge in [0.1, 0.15) is 11.5 Å². The average Bonchev–Trinajstić information content (AvgIpc) is 2.82. The van der Waals surface area contributed by atoms with Gasteiger partial charge in [0.05, 0.1) is 0 Å². The zero-order chi connectivity index (χ0) is 21.7. The van der Waals surface area contributed by atoms with Crippen LogP contribution in [0.1, 0.15) is 0 Å². The van der Waals surface area contributed by atoms with Crippen LogP contribution in [0.15, 0.2) is 60.7 Å². The molecular formula is C18H26O6S4Si2. The van der Waals surface area contributed by atoms with Gasteiger partial charge in [0, 0.05) is 28.4 Å². The van der Waals surface area contributed by atoms with Gasteiger partial charge >= 0.3 is 0 Å². The molecule has 0 amide bonds. The number of hydrogen-bond acceptors (Lipinski definition) is 10. The average molecular weight is 523 g/mol. The molecular weight excluding hydrogens is 497 g/mol. The third-order valence-corrected chi connectivity index (χ3v) is 16.2. The van der Waals surface area contributed by atoms with E-state index in [4.69, 9.17) is 27.8 Å². The normalized spacial score (nSPS) is 12.8. The van der Waals surface area contributed by atoms with Crippen molar-refractivity contribution in [2.75, 3.05) is 28.4 Å². The van der Waals surface area contributed by atoms with Crippen molar-refractivity contribution in [3.8, 4) is 11.5 Å². The molecule has 0 saturated heterocycles. The first-order chi connectivity index (χ1) is 14.6. The van der Waals surface area contributed by atoms with Crippen molar-refractivity contribution in [2.45, 2.75) is 9.48 Å². The first-order valence-electron chi connectivity index (χ1n) is 8.87. The molecule has 0 aliphatic carbocycles. The molecule has 0 fully saturated rings. The molecule has 2 aromatic rings. The standard InChI is InChI=1S/C18H26O6S4Si2/c1-19-17(20-2,29-23-15-11-7-5-8-12-15)25-27-28-26-18(21-3,22-4)30-24-16-13-9-6-10-14-16/h5-14H,29-30H2,1-4H3. The fraction of sp³-hybridized carbons (Fsp3) is 0.333. The van der Waals surface area contributed by atoms with E-state index in [2.05, 4.69) is 0 Å². The number of methoxy groups -OCH3 is 4. The third kappa shape index (κ3) is 8.33. The van der Waals surface area contributed by atoms with Gasteiger partial charge in [0.2, 0.25) is 9.48 Å². The molecule has 0 unspecified atom stereocenters. The van der Waals surface area contributed by atoms with E-state index in [1.165, 1.54) is 41.2 Å². The van der Waals surface area contributed by atoms with Crippen molar-refractivity contribution in [1.82, 2.24) is 0 Å². The molecule has 0 aromatic heterocycles. The summed E-state index contributed by atoms with van der Waals surface area (Å²) in [7, 11) is 10.1. The Morgan fingerprint density at radius 3 is 1.20 bits per heavy atom. The van der Waals surface area contributed by atoms with Crippen LogP contribution in [0.3, 0.4) is 0 Å². The second-order valence-corrected chi connectivity index (χ2v) is 15.8. The van der Waals surface area contributed by atoms with E-state index in [0.717, 1.165) is 11.5 Å².